The van der Waals surface area contributed by atoms with Crippen molar-refractivity contribution >= 4 is 5.97 Å². The molecule has 0 bridgehead atoms. The average Bonchev–Trinajstić information content (AvgIpc) is 2.67. The van der Waals surface area contributed by atoms with Crippen molar-refractivity contribution in [3.05, 3.63) is 65.2 Å². The van der Waals surface area contributed by atoms with Crippen molar-refractivity contribution in [1.29, 1.82) is 0 Å². The quantitative estimate of drug-likeness (QED) is 0.709. The molecule has 4 heteroatoms. The third-order valence-corrected chi connectivity index (χ3v) is 6.40. The van der Waals surface area contributed by atoms with Crippen molar-refractivity contribution in [2.24, 2.45) is 11.8 Å². The van der Waals surface area contributed by atoms with E-state index in [0.717, 1.165) is 24.2 Å². The number of carboxylic acid groups (broad SMARTS) is 1. The van der Waals surface area contributed by atoms with Crippen LogP contribution in [0.25, 0.3) is 0 Å². The Kier molecular flexibility index (Phi) is 5.16. The van der Waals surface area contributed by atoms with E-state index in [2.05, 4.69) is 52.0 Å². The molecule has 1 saturated heterocycles. The zero-order chi connectivity index (χ0) is 20.8. The molecule has 1 fully saturated rings. The van der Waals surface area contributed by atoms with Crippen LogP contribution in [0, 0.1) is 11.8 Å². The summed E-state index contributed by atoms with van der Waals surface area (Å²) in [6, 6.07) is 15.7. The lowest BCUT2D eigenvalue weighted by Gasteiger charge is -2.51. The van der Waals surface area contributed by atoms with E-state index in [1.807, 2.05) is 6.07 Å². The van der Waals surface area contributed by atoms with Gasteiger partial charge in [0.15, 0.2) is 0 Å². The molecule has 4 nitrogen and oxygen atoms in total. The van der Waals surface area contributed by atoms with Crippen LogP contribution < -0.4 is 4.74 Å². The fraction of sp³-hybridized carbons (Fsp3) is 0.480. The van der Waals surface area contributed by atoms with E-state index in [1.54, 1.807) is 18.2 Å². The lowest BCUT2D eigenvalue weighted by atomic mass is 9.69. The van der Waals surface area contributed by atoms with Crippen molar-refractivity contribution in [3.8, 4) is 5.75 Å². The Balaban J connectivity index is 1.76. The largest absolute Gasteiger partial charge is 0.487 e. The molecule has 2 aromatic rings. The van der Waals surface area contributed by atoms with Crippen molar-refractivity contribution in [3.63, 3.8) is 0 Å². The molecule has 2 aromatic carbocycles. The summed E-state index contributed by atoms with van der Waals surface area (Å²) in [6.07, 6.45) is 1.86. The van der Waals surface area contributed by atoms with Gasteiger partial charge in [0.25, 0.3) is 0 Å². The summed E-state index contributed by atoms with van der Waals surface area (Å²) < 4.78 is 13.1. The van der Waals surface area contributed by atoms with Gasteiger partial charge in [0.05, 0.1) is 17.8 Å². The molecule has 0 aliphatic carbocycles. The number of ether oxygens (including phenoxy) is 2. The van der Waals surface area contributed by atoms with Crippen LogP contribution in [0.4, 0.5) is 0 Å². The van der Waals surface area contributed by atoms with Gasteiger partial charge in [-0.05, 0) is 56.4 Å². The molecule has 0 spiro atoms. The van der Waals surface area contributed by atoms with Crippen molar-refractivity contribution in [1.82, 2.24) is 0 Å². The number of carbonyl (C=O) groups is 1. The standard InChI is InChI=1S/C25H30O4/c1-15(2)12-22-18(16-8-6-5-7-9-16)14-20-23(28-22)19-13-17(24(26)27)10-11-21(19)29-25(20,3)4/h5-11,13,15,18,20,22-23H,12,14H2,1-4H3,(H,26,27)/t18-,20-,22-,23+/m0/s1. The predicted octanol–water partition coefficient (Wildman–Crippen LogP) is 5.83. The third kappa shape index (κ3) is 3.78. The van der Waals surface area contributed by atoms with Crippen LogP contribution in [0.3, 0.4) is 0 Å². The first-order valence-corrected chi connectivity index (χ1v) is 10.5. The summed E-state index contributed by atoms with van der Waals surface area (Å²) >= 11 is 0. The van der Waals surface area contributed by atoms with Gasteiger partial charge in [-0.1, -0.05) is 44.2 Å². The SMILES string of the molecule is CC(C)C[C@@H]1O[C@@H]2c3cc(C(=O)O)ccc3OC(C)(C)[C@H]2C[C@H]1c1ccccc1. The molecule has 29 heavy (non-hydrogen) atoms. The molecular formula is C25H30O4. The van der Waals surface area contributed by atoms with E-state index in [9.17, 15) is 9.90 Å². The van der Waals surface area contributed by atoms with Gasteiger partial charge in [-0.25, -0.2) is 4.79 Å². The summed E-state index contributed by atoms with van der Waals surface area (Å²) in [4.78, 5) is 11.5. The normalized spacial score (nSPS) is 27.6. The van der Waals surface area contributed by atoms with Crippen molar-refractivity contribution in [2.75, 3.05) is 0 Å². The highest BCUT2D eigenvalue weighted by Crippen LogP contribution is 2.54. The molecule has 0 saturated carbocycles. The van der Waals surface area contributed by atoms with E-state index in [4.69, 9.17) is 9.47 Å². The molecule has 0 amide bonds. The maximum Gasteiger partial charge on any atom is 0.335 e. The Labute approximate surface area is 172 Å². The molecule has 0 unspecified atom stereocenters. The van der Waals surface area contributed by atoms with Gasteiger partial charge in [0, 0.05) is 17.4 Å². The second kappa shape index (κ2) is 7.49. The number of hydrogen-bond donors (Lipinski definition) is 1. The van der Waals surface area contributed by atoms with E-state index in [0.29, 0.717) is 11.8 Å². The first-order valence-electron chi connectivity index (χ1n) is 10.5. The van der Waals surface area contributed by atoms with Crippen LogP contribution in [0.5, 0.6) is 5.75 Å². The number of carboxylic acids is 1. The Bertz CT molecular complexity index is 887. The first-order chi connectivity index (χ1) is 13.8. The van der Waals surface area contributed by atoms with Gasteiger partial charge in [-0.15, -0.1) is 0 Å². The highest BCUT2D eigenvalue weighted by molar-refractivity contribution is 5.88. The zero-order valence-corrected chi connectivity index (χ0v) is 17.6. The van der Waals surface area contributed by atoms with Crippen LogP contribution in [-0.2, 0) is 4.74 Å². The molecule has 2 heterocycles. The Morgan fingerprint density at radius 2 is 1.90 bits per heavy atom. The van der Waals surface area contributed by atoms with E-state index < -0.39 is 11.6 Å². The number of rotatable bonds is 4. The van der Waals surface area contributed by atoms with Gasteiger partial charge < -0.3 is 14.6 Å². The number of hydrogen-bond acceptors (Lipinski definition) is 3. The number of fused-ring (bicyclic) bond motifs is 3. The van der Waals surface area contributed by atoms with Crippen LogP contribution in [0.15, 0.2) is 48.5 Å². The Morgan fingerprint density at radius 1 is 1.17 bits per heavy atom. The van der Waals surface area contributed by atoms with Crippen molar-refractivity contribution in [2.45, 2.75) is 64.3 Å². The van der Waals surface area contributed by atoms with Crippen LogP contribution >= 0.6 is 0 Å². The van der Waals surface area contributed by atoms with Crippen LogP contribution in [0.2, 0.25) is 0 Å². The fourth-order valence-electron chi connectivity index (χ4n) is 4.96. The number of aromatic carboxylic acids is 1. The zero-order valence-electron chi connectivity index (χ0n) is 17.6. The molecule has 4 atom stereocenters. The summed E-state index contributed by atoms with van der Waals surface area (Å²) in [7, 11) is 0. The van der Waals surface area contributed by atoms with Crippen LogP contribution in [-0.4, -0.2) is 22.8 Å². The summed E-state index contributed by atoms with van der Waals surface area (Å²) in [5.74, 6) is 0.772. The van der Waals surface area contributed by atoms with E-state index in [-0.39, 0.29) is 23.7 Å². The minimum absolute atomic E-state index is 0.0916. The molecule has 1 N–H and O–H groups in total. The molecule has 0 radical (unpaired) electrons. The lowest BCUT2D eigenvalue weighted by Crippen LogP contribution is -2.50. The molecule has 4 rings (SSSR count). The first kappa shape index (κ1) is 20.0. The lowest BCUT2D eigenvalue weighted by molar-refractivity contribution is -0.162. The molecule has 154 valence electrons. The summed E-state index contributed by atoms with van der Waals surface area (Å²) in [5, 5.41) is 9.47. The molecule has 0 aromatic heterocycles. The topological polar surface area (TPSA) is 55.8 Å². The van der Waals surface area contributed by atoms with E-state index >= 15 is 0 Å². The molecule has 2 aliphatic heterocycles. The Hall–Kier alpha value is -2.33. The van der Waals surface area contributed by atoms with Gasteiger partial charge in [-0.2, -0.15) is 0 Å². The summed E-state index contributed by atoms with van der Waals surface area (Å²) in [6.45, 7) is 8.68. The minimum atomic E-state index is -0.925. The highest BCUT2D eigenvalue weighted by atomic mass is 16.5. The third-order valence-electron chi connectivity index (χ3n) is 6.40. The summed E-state index contributed by atoms with van der Waals surface area (Å²) in [5.41, 5.74) is 2.06. The average molecular weight is 395 g/mol. The van der Waals surface area contributed by atoms with Crippen LogP contribution in [0.1, 0.15) is 74.0 Å². The monoisotopic (exact) mass is 394 g/mol. The second-order valence-electron chi connectivity index (χ2n) is 9.35. The molecular weight excluding hydrogens is 364 g/mol. The molecule has 2 aliphatic rings. The van der Waals surface area contributed by atoms with Crippen molar-refractivity contribution < 1.29 is 19.4 Å². The van der Waals surface area contributed by atoms with Gasteiger partial charge >= 0.3 is 5.97 Å². The smallest absolute Gasteiger partial charge is 0.335 e. The second-order valence-corrected chi connectivity index (χ2v) is 9.35. The number of benzene rings is 2. The van der Waals surface area contributed by atoms with Gasteiger partial charge in [-0.3, -0.25) is 0 Å². The van der Waals surface area contributed by atoms with Gasteiger partial charge in [0.2, 0.25) is 0 Å². The van der Waals surface area contributed by atoms with Gasteiger partial charge in [0.1, 0.15) is 11.4 Å². The maximum atomic E-state index is 11.5. The maximum absolute atomic E-state index is 11.5. The Morgan fingerprint density at radius 3 is 2.55 bits per heavy atom. The van der Waals surface area contributed by atoms with E-state index in [1.165, 1.54) is 5.56 Å². The fourth-order valence-corrected chi connectivity index (χ4v) is 4.96. The highest BCUT2D eigenvalue weighted by Gasteiger charge is 2.50. The minimum Gasteiger partial charge on any atom is -0.487 e. The predicted molar refractivity (Wildman–Crippen MR) is 112 cm³/mol.